The zero-order chi connectivity index (χ0) is 15.4. The number of anilines is 1. The molecule has 21 heavy (non-hydrogen) atoms. The number of carbonyl (C=O) groups is 2. The number of rotatable bonds is 5. The average molecular weight is 306 g/mol. The van der Waals surface area contributed by atoms with Crippen molar-refractivity contribution in [3.63, 3.8) is 0 Å². The molecule has 0 saturated carbocycles. The van der Waals surface area contributed by atoms with E-state index in [0.717, 1.165) is 18.5 Å². The third kappa shape index (κ3) is 3.16. The summed E-state index contributed by atoms with van der Waals surface area (Å²) in [7, 11) is 1.33. The van der Waals surface area contributed by atoms with Gasteiger partial charge in [0.05, 0.1) is 12.8 Å². The molecule has 112 valence electrons. The molecule has 2 rings (SSSR count). The molecule has 1 N–H and O–H groups in total. The molecule has 5 nitrogen and oxygen atoms in total. The fourth-order valence-electron chi connectivity index (χ4n) is 2.08. The minimum Gasteiger partial charge on any atom is -0.465 e. The highest BCUT2D eigenvalue weighted by atomic mass is 32.1. The molecule has 0 aliphatic carbocycles. The highest BCUT2D eigenvalue weighted by Gasteiger charge is 2.20. The summed E-state index contributed by atoms with van der Waals surface area (Å²) in [5.41, 5.74) is 1.96. The van der Waals surface area contributed by atoms with Crippen LogP contribution in [-0.2, 0) is 11.3 Å². The molecule has 0 aliphatic rings. The molecule has 2 aromatic rings. The maximum absolute atomic E-state index is 12.4. The monoisotopic (exact) mass is 306 g/mol. The smallest absolute Gasteiger partial charge is 0.350 e. The van der Waals surface area contributed by atoms with Crippen LogP contribution in [0.15, 0.2) is 23.7 Å². The lowest BCUT2D eigenvalue weighted by Crippen LogP contribution is -2.18. The van der Waals surface area contributed by atoms with Crippen molar-refractivity contribution in [1.82, 2.24) is 4.57 Å². The Bertz CT molecular complexity index is 658. The molecule has 0 aromatic carbocycles. The fraction of sp³-hybridized carbons (Fsp3) is 0.333. The van der Waals surface area contributed by atoms with Crippen molar-refractivity contribution in [3.05, 3.63) is 39.8 Å². The lowest BCUT2D eigenvalue weighted by atomic mass is 10.2. The van der Waals surface area contributed by atoms with E-state index in [-0.39, 0.29) is 5.91 Å². The van der Waals surface area contributed by atoms with Crippen molar-refractivity contribution in [2.24, 2.45) is 0 Å². The first-order valence-electron chi connectivity index (χ1n) is 6.71. The first kappa shape index (κ1) is 15.3. The maximum Gasteiger partial charge on any atom is 0.350 e. The zero-order valence-corrected chi connectivity index (χ0v) is 13.1. The first-order valence-corrected chi connectivity index (χ1v) is 7.59. The third-order valence-corrected chi connectivity index (χ3v) is 4.19. The summed E-state index contributed by atoms with van der Waals surface area (Å²) in [5, 5.41) is 4.65. The van der Waals surface area contributed by atoms with E-state index < -0.39 is 5.97 Å². The van der Waals surface area contributed by atoms with Gasteiger partial charge >= 0.3 is 5.97 Å². The van der Waals surface area contributed by atoms with Crippen LogP contribution in [0, 0.1) is 6.92 Å². The van der Waals surface area contributed by atoms with Crippen LogP contribution in [0.5, 0.6) is 0 Å². The largest absolute Gasteiger partial charge is 0.465 e. The Kier molecular flexibility index (Phi) is 4.80. The average Bonchev–Trinajstić information content (AvgIpc) is 3.07. The summed E-state index contributed by atoms with van der Waals surface area (Å²) in [6, 6.07) is 3.61. The number of ether oxygens (including phenoxy) is 1. The lowest BCUT2D eigenvalue weighted by molar-refractivity contribution is 0.0607. The van der Waals surface area contributed by atoms with E-state index in [1.165, 1.54) is 18.4 Å². The van der Waals surface area contributed by atoms with Crippen molar-refractivity contribution < 1.29 is 14.3 Å². The van der Waals surface area contributed by atoms with Crippen LogP contribution in [-0.4, -0.2) is 23.6 Å². The molecule has 0 saturated heterocycles. The van der Waals surface area contributed by atoms with Crippen LogP contribution in [0.3, 0.4) is 0 Å². The van der Waals surface area contributed by atoms with Gasteiger partial charge in [0.2, 0.25) is 0 Å². The van der Waals surface area contributed by atoms with Gasteiger partial charge in [0.15, 0.2) is 0 Å². The molecule has 0 atom stereocenters. The van der Waals surface area contributed by atoms with Gasteiger partial charge in [0.1, 0.15) is 10.6 Å². The highest BCUT2D eigenvalue weighted by molar-refractivity contribution is 7.12. The van der Waals surface area contributed by atoms with Gasteiger partial charge in [-0.2, -0.15) is 0 Å². The van der Waals surface area contributed by atoms with E-state index in [1.807, 2.05) is 29.1 Å². The normalized spacial score (nSPS) is 10.4. The minimum absolute atomic E-state index is 0.222. The molecule has 0 fully saturated rings. The molecule has 0 radical (unpaired) electrons. The molecule has 1 amide bonds. The Hall–Kier alpha value is -2.08. The third-order valence-electron chi connectivity index (χ3n) is 3.11. The number of hydrogen-bond donors (Lipinski definition) is 1. The number of thiophene rings is 1. The predicted octanol–water partition coefficient (Wildman–Crippen LogP) is 3.31. The Balaban J connectivity index is 2.25. The fourth-order valence-corrected chi connectivity index (χ4v) is 3.00. The number of aromatic nitrogens is 1. The van der Waals surface area contributed by atoms with E-state index in [2.05, 4.69) is 12.2 Å². The number of nitrogens with zero attached hydrogens (tertiary/aromatic N) is 1. The summed E-state index contributed by atoms with van der Waals surface area (Å²) >= 11 is 1.27. The molecule has 0 spiro atoms. The van der Waals surface area contributed by atoms with E-state index in [1.54, 1.807) is 6.07 Å². The molecule has 6 heteroatoms. The van der Waals surface area contributed by atoms with E-state index in [4.69, 9.17) is 4.74 Å². The molecular formula is C15H18N2O3S. The SMILES string of the molecule is CCCn1cccc1C(=O)Nc1c(C)csc1C(=O)OC. The van der Waals surface area contributed by atoms with Gasteiger partial charge in [0, 0.05) is 12.7 Å². The van der Waals surface area contributed by atoms with Gasteiger partial charge in [-0.15, -0.1) is 11.3 Å². The highest BCUT2D eigenvalue weighted by Crippen LogP contribution is 2.28. The summed E-state index contributed by atoms with van der Waals surface area (Å²) in [6.45, 7) is 4.69. The molecule has 0 unspecified atom stereocenters. The first-order chi connectivity index (χ1) is 10.1. The molecule has 0 bridgehead atoms. The number of methoxy groups -OCH3 is 1. The summed E-state index contributed by atoms with van der Waals surface area (Å²) in [6.07, 6.45) is 2.82. The van der Waals surface area contributed by atoms with Crippen LogP contribution in [0.4, 0.5) is 5.69 Å². The number of amides is 1. The van der Waals surface area contributed by atoms with E-state index in [0.29, 0.717) is 16.3 Å². The van der Waals surface area contributed by atoms with Crippen LogP contribution in [0.2, 0.25) is 0 Å². The Labute approximate surface area is 127 Å². The van der Waals surface area contributed by atoms with Crippen LogP contribution in [0.1, 0.15) is 39.1 Å². The van der Waals surface area contributed by atoms with Crippen molar-refractivity contribution in [1.29, 1.82) is 0 Å². The Morgan fingerprint density at radius 3 is 2.86 bits per heavy atom. The Morgan fingerprint density at radius 2 is 2.19 bits per heavy atom. The Morgan fingerprint density at radius 1 is 1.43 bits per heavy atom. The second-order valence-electron chi connectivity index (χ2n) is 4.66. The minimum atomic E-state index is -0.438. The topological polar surface area (TPSA) is 60.3 Å². The summed E-state index contributed by atoms with van der Waals surface area (Å²) in [5.74, 6) is -0.660. The van der Waals surface area contributed by atoms with Crippen molar-refractivity contribution in [2.75, 3.05) is 12.4 Å². The predicted molar refractivity (Wildman–Crippen MR) is 83.1 cm³/mol. The molecule has 0 aliphatic heterocycles. The van der Waals surface area contributed by atoms with Gasteiger partial charge in [-0.25, -0.2) is 4.79 Å². The van der Waals surface area contributed by atoms with Gasteiger partial charge in [-0.1, -0.05) is 6.92 Å². The number of aryl methyl sites for hydroxylation is 2. The van der Waals surface area contributed by atoms with Crippen molar-refractivity contribution in [2.45, 2.75) is 26.8 Å². The molecular weight excluding hydrogens is 288 g/mol. The van der Waals surface area contributed by atoms with Gasteiger partial charge in [-0.05, 0) is 36.4 Å². The number of carbonyl (C=O) groups excluding carboxylic acids is 2. The summed E-state index contributed by atoms with van der Waals surface area (Å²) < 4.78 is 6.64. The van der Waals surface area contributed by atoms with Crippen molar-refractivity contribution >= 4 is 28.9 Å². The molecule has 2 heterocycles. The maximum atomic E-state index is 12.4. The lowest BCUT2D eigenvalue weighted by Gasteiger charge is -2.10. The van der Waals surface area contributed by atoms with E-state index in [9.17, 15) is 9.59 Å². The standard InChI is InChI=1S/C15H18N2O3S/c1-4-7-17-8-5-6-11(17)14(18)16-12-10(2)9-21-13(12)15(19)20-3/h5-6,8-9H,4,7H2,1-3H3,(H,16,18). The second-order valence-corrected chi connectivity index (χ2v) is 5.54. The summed E-state index contributed by atoms with van der Waals surface area (Å²) in [4.78, 5) is 24.5. The van der Waals surface area contributed by atoms with Crippen molar-refractivity contribution in [3.8, 4) is 0 Å². The van der Waals surface area contributed by atoms with Gasteiger partial charge < -0.3 is 14.6 Å². The quantitative estimate of drug-likeness (QED) is 0.862. The zero-order valence-electron chi connectivity index (χ0n) is 12.3. The second kappa shape index (κ2) is 6.58. The van der Waals surface area contributed by atoms with Gasteiger partial charge in [0.25, 0.3) is 5.91 Å². The van der Waals surface area contributed by atoms with Crippen LogP contribution < -0.4 is 5.32 Å². The van der Waals surface area contributed by atoms with Crippen LogP contribution in [0.25, 0.3) is 0 Å². The van der Waals surface area contributed by atoms with Crippen LogP contribution >= 0.6 is 11.3 Å². The van der Waals surface area contributed by atoms with Gasteiger partial charge in [-0.3, -0.25) is 4.79 Å². The van der Waals surface area contributed by atoms with E-state index >= 15 is 0 Å². The molecule has 2 aromatic heterocycles. The number of esters is 1. The number of hydrogen-bond acceptors (Lipinski definition) is 4. The number of nitrogens with one attached hydrogen (secondary N) is 1.